The van der Waals surface area contributed by atoms with Gasteiger partial charge in [-0.15, -0.1) is 0 Å². The summed E-state index contributed by atoms with van der Waals surface area (Å²) in [6, 6.07) is 0.651. The van der Waals surface area contributed by atoms with Crippen LogP contribution in [0.4, 0.5) is 0 Å². The lowest BCUT2D eigenvalue weighted by atomic mass is 10.1. The third kappa shape index (κ3) is 7.58. The fourth-order valence-corrected chi connectivity index (χ4v) is 2.80. The molecule has 120 valence electrons. The Hall–Kier alpha value is -0.160. The van der Waals surface area contributed by atoms with E-state index in [2.05, 4.69) is 47.8 Å². The number of nitrogens with one attached hydrogen (secondary N) is 1. The molecule has 1 fully saturated rings. The first-order valence-electron chi connectivity index (χ1n) is 8.52. The Kier molecular flexibility index (Phi) is 9.44. The highest BCUT2D eigenvalue weighted by atomic mass is 15.2. The van der Waals surface area contributed by atoms with Crippen LogP contribution in [0.3, 0.4) is 0 Å². The molecular weight excluding hydrogens is 248 g/mol. The smallest absolute Gasteiger partial charge is 0.0110 e. The molecule has 0 aliphatic carbocycles. The SMILES string of the molecule is CCN(CC)CCCC(C)NCCN1CCN(C)CC1. The van der Waals surface area contributed by atoms with E-state index in [4.69, 9.17) is 0 Å². The second-order valence-corrected chi connectivity index (χ2v) is 6.17. The molecule has 0 spiro atoms. The minimum atomic E-state index is 0.651. The summed E-state index contributed by atoms with van der Waals surface area (Å²) in [6.07, 6.45) is 2.60. The molecule has 1 rings (SSSR count). The third-order valence-corrected chi connectivity index (χ3v) is 4.52. The lowest BCUT2D eigenvalue weighted by Gasteiger charge is -2.32. The Bertz CT molecular complexity index is 223. The fraction of sp³-hybridized carbons (Fsp3) is 1.00. The summed E-state index contributed by atoms with van der Waals surface area (Å²) in [5, 5.41) is 3.68. The van der Waals surface area contributed by atoms with Crippen molar-refractivity contribution in [1.82, 2.24) is 20.0 Å². The van der Waals surface area contributed by atoms with Gasteiger partial charge in [-0.3, -0.25) is 4.90 Å². The van der Waals surface area contributed by atoms with Gasteiger partial charge in [-0.1, -0.05) is 13.8 Å². The van der Waals surface area contributed by atoms with Crippen molar-refractivity contribution in [1.29, 1.82) is 0 Å². The van der Waals surface area contributed by atoms with E-state index in [-0.39, 0.29) is 0 Å². The highest BCUT2D eigenvalue weighted by Gasteiger charge is 2.13. The van der Waals surface area contributed by atoms with Crippen LogP contribution in [0.25, 0.3) is 0 Å². The molecule has 0 aromatic heterocycles. The molecule has 1 saturated heterocycles. The van der Waals surface area contributed by atoms with Crippen LogP contribution in [-0.2, 0) is 0 Å². The molecule has 1 unspecified atom stereocenters. The van der Waals surface area contributed by atoms with E-state index in [9.17, 15) is 0 Å². The monoisotopic (exact) mass is 284 g/mol. The zero-order valence-electron chi connectivity index (χ0n) is 14.2. The molecule has 1 heterocycles. The minimum Gasteiger partial charge on any atom is -0.313 e. The van der Waals surface area contributed by atoms with Gasteiger partial charge in [0.1, 0.15) is 0 Å². The molecular formula is C16H36N4. The molecule has 1 atom stereocenters. The molecule has 4 nitrogen and oxygen atoms in total. The van der Waals surface area contributed by atoms with Gasteiger partial charge in [0, 0.05) is 45.3 Å². The number of nitrogens with zero attached hydrogens (tertiary/aromatic N) is 3. The van der Waals surface area contributed by atoms with Crippen LogP contribution < -0.4 is 5.32 Å². The number of rotatable bonds is 10. The first kappa shape index (κ1) is 17.9. The van der Waals surface area contributed by atoms with Crippen molar-refractivity contribution < 1.29 is 0 Å². The topological polar surface area (TPSA) is 21.8 Å². The zero-order chi connectivity index (χ0) is 14.8. The average Bonchev–Trinajstić information content (AvgIpc) is 2.46. The predicted molar refractivity (Wildman–Crippen MR) is 88.4 cm³/mol. The van der Waals surface area contributed by atoms with Gasteiger partial charge in [-0.2, -0.15) is 0 Å². The van der Waals surface area contributed by atoms with E-state index >= 15 is 0 Å². The third-order valence-electron chi connectivity index (χ3n) is 4.52. The summed E-state index contributed by atoms with van der Waals surface area (Å²) in [5.41, 5.74) is 0. The summed E-state index contributed by atoms with van der Waals surface area (Å²) in [7, 11) is 2.22. The molecule has 4 heteroatoms. The van der Waals surface area contributed by atoms with Crippen LogP contribution in [0, 0.1) is 0 Å². The molecule has 0 amide bonds. The fourth-order valence-electron chi connectivity index (χ4n) is 2.80. The molecule has 0 aromatic carbocycles. The molecule has 0 bridgehead atoms. The van der Waals surface area contributed by atoms with Crippen LogP contribution in [0.5, 0.6) is 0 Å². The van der Waals surface area contributed by atoms with Gasteiger partial charge in [0.2, 0.25) is 0 Å². The molecule has 1 aliphatic heterocycles. The molecule has 1 N–H and O–H groups in total. The van der Waals surface area contributed by atoms with Crippen LogP contribution in [0.2, 0.25) is 0 Å². The van der Waals surface area contributed by atoms with Gasteiger partial charge >= 0.3 is 0 Å². The lowest BCUT2D eigenvalue weighted by Crippen LogP contribution is -2.47. The molecule has 0 saturated carbocycles. The first-order valence-corrected chi connectivity index (χ1v) is 8.52. The van der Waals surface area contributed by atoms with Crippen molar-refractivity contribution in [3.05, 3.63) is 0 Å². The Balaban J connectivity index is 1.98. The summed E-state index contributed by atoms with van der Waals surface area (Å²) in [4.78, 5) is 7.51. The van der Waals surface area contributed by atoms with Crippen molar-refractivity contribution in [3.63, 3.8) is 0 Å². The van der Waals surface area contributed by atoms with Crippen LogP contribution >= 0.6 is 0 Å². The normalized spacial score (nSPS) is 19.6. The van der Waals surface area contributed by atoms with E-state index < -0.39 is 0 Å². The molecule has 20 heavy (non-hydrogen) atoms. The second-order valence-electron chi connectivity index (χ2n) is 6.17. The second kappa shape index (κ2) is 10.6. The number of likely N-dealkylation sites (N-methyl/N-ethyl adjacent to an activating group) is 1. The largest absolute Gasteiger partial charge is 0.313 e. The van der Waals surface area contributed by atoms with E-state index in [0.29, 0.717) is 6.04 Å². The highest BCUT2D eigenvalue weighted by Crippen LogP contribution is 2.01. The maximum atomic E-state index is 3.68. The van der Waals surface area contributed by atoms with E-state index in [1.807, 2.05) is 0 Å². The summed E-state index contributed by atoms with van der Waals surface area (Å²) in [6.45, 7) is 17.7. The van der Waals surface area contributed by atoms with E-state index in [1.54, 1.807) is 0 Å². The van der Waals surface area contributed by atoms with Gasteiger partial charge in [-0.25, -0.2) is 0 Å². The maximum Gasteiger partial charge on any atom is 0.0110 e. The van der Waals surface area contributed by atoms with Gasteiger partial charge in [0.05, 0.1) is 0 Å². The molecule has 0 aromatic rings. The van der Waals surface area contributed by atoms with Crippen molar-refractivity contribution in [2.45, 2.75) is 39.7 Å². The predicted octanol–water partition coefficient (Wildman–Crippen LogP) is 1.33. The molecule has 0 radical (unpaired) electrons. The van der Waals surface area contributed by atoms with Crippen molar-refractivity contribution in [3.8, 4) is 0 Å². The highest BCUT2D eigenvalue weighted by molar-refractivity contribution is 4.71. The summed E-state index contributed by atoms with van der Waals surface area (Å²) < 4.78 is 0. The minimum absolute atomic E-state index is 0.651. The van der Waals surface area contributed by atoms with Gasteiger partial charge in [0.15, 0.2) is 0 Å². The van der Waals surface area contributed by atoms with Crippen molar-refractivity contribution in [2.24, 2.45) is 0 Å². The van der Waals surface area contributed by atoms with Crippen LogP contribution in [0.15, 0.2) is 0 Å². The number of piperazine rings is 1. The Morgan fingerprint density at radius 2 is 1.75 bits per heavy atom. The van der Waals surface area contributed by atoms with Crippen molar-refractivity contribution >= 4 is 0 Å². The Labute approximate surface area is 126 Å². The quantitative estimate of drug-likeness (QED) is 0.653. The molecule has 1 aliphatic rings. The maximum absolute atomic E-state index is 3.68. The standard InChI is InChI=1S/C16H36N4/c1-5-19(6-2)10-7-8-16(3)17-9-11-20-14-12-18(4)13-15-20/h16-17H,5-15H2,1-4H3. The zero-order valence-corrected chi connectivity index (χ0v) is 14.2. The average molecular weight is 284 g/mol. The van der Waals surface area contributed by atoms with Gasteiger partial charge < -0.3 is 15.1 Å². The number of hydrogen-bond donors (Lipinski definition) is 1. The lowest BCUT2D eigenvalue weighted by molar-refractivity contribution is 0.153. The Morgan fingerprint density at radius 3 is 2.35 bits per heavy atom. The Morgan fingerprint density at radius 1 is 1.10 bits per heavy atom. The van der Waals surface area contributed by atoms with Gasteiger partial charge in [-0.05, 0) is 46.4 Å². The van der Waals surface area contributed by atoms with Crippen LogP contribution in [0.1, 0.15) is 33.6 Å². The summed E-state index contributed by atoms with van der Waals surface area (Å²) >= 11 is 0. The van der Waals surface area contributed by atoms with Crippen molar-refractivity contribution in [2.75, 3.05) is 66.0 Å². The van der Waals surface area contributed by atoms with E-state index in [0.717, 1.165) is 6.54 Å². The van der Waals surface area contributed by atoms with E-state index in [1.165, 1.54) is 65.2 Å². The first-order chi connectivity index (χ1) is 9.65. The van der Waals surface area contributed by atoms with Crippen LogP contribution in [-0.4, -0.2) is 86.7 Å². The number of hydrogen-bond acceptors (Lipinski definition) is 4. The summed E-state index contributed by atoms with van der Waals surface area (Å²) in [5.74, 6) is 0. The van der Waals surface area contributed by atoms with Gasteiger partial charge in [0.25, 0.3) is 0 Å².